The van der Waals surface area contributed by atoms with Gasteiger partial charge in [0.1, 0.15) is 12.9 Å². The molecule has 0 atom stereocenters. The maximum absolute atomic E-state index is 5.75. The molecule has 0 saturated heterocycles. The summed E-state index contributed by atoms with van der Waals surface area (Å²) < 4.78 is 7.45. The summed E-state index contributed by atoms with van der Waals surface area (Å²) in [6, 6.07) is 18.0. The van der Waals surface area contributed by atoms with Gasteiger partial charge in [-0.25, -0.2) is 9.67 Å². The Kier molecular flexibility index (Phi) is 4.08. The minimum atomic E-state index is 0.403. The second-order valence-electron chi connectivity index (χ2n) is 5.82. The topological polar surface area (TPSA) is 69.6 Å². The fourth-order valence-electron chi connectivity index (χ4n) is 2.62. The molecule has 124 valence electrons. The second-order valence-corrected chi connectivity index (χ2v) is 5.82. The van der Waals surface area contributed by atoms with Crippen LogP contribution in [0.25, 0.3) is 11.4 Å². The van der Waals surface area contributed by atoms with E-state index in [0.717, 1.165) is 5.56 Å². The molecule has 0 spiro atoms. The summed E-state index contributed by atoms with van der Waals surface area (Å²) in [4.78, 5) is 4.33. The average molecular weight is 331 g/mol. The molecule has 0 saturated carbocycles. The van der Waals surface area contributed by atoms with Gasteiger partial charge in [-0.3, -0.25) is 0 Å². The van der Waals surface area contributed by atoms with E-state index in [9.17, 15) is 0 Å². The van der Waals surface area contributed by atoms with Gasteiger partial charge in [0.05, 0.1) is 6.42 Å². The molecule has 0 aliphatic rings. The third kappa shape index (κ3) is 3.47. The molecule has 0 fully saturated rings. The van der Waals surface area contributed by atoms with Gasteiger partial charge in [0.25, 0.3) is 0 Å². The Labute approximate surface area is 145 Å². The first-order valence-electron chi connectivity index (χ1n) is 8.08. The number of hydrogen-bond acceptors (Lipinski definition) is 5. The van der Waals surface area contributed by atoms with Crippen LogP contribution in [0.5, 0.6) is 0 Å². The molecule has 25 heavy (non-hydrogen) atoms. The lowest BCUT2D eigenvalue weighted by Gasteiger charge is -2.01. The molecular weight excluding hydrogens is 314 g/mol. The molecule has 6 nitrogen and oxygen atoms in total. The van der Waals surface area contributed by atoms with Crippen molar-refractivity contribution in [2.24, 2.45) is 0 Å². The van der Waals surface area contributed by atoms with E-state index in [1.807, 2.05) is 42.5 Å². The number of aromatic nitrogens is 5. The molecule has 4 rings (SSSR count). The third-order valence-corrected chi connectivity index (χ3v) is 3.98. The molecule has 0 amide bonds. The highest BCUT2D eigenvalue weighted by Gasteiger charge is 2.10. The lowest BCUT2D eigenvalue weighted by atomic mass is 10.1. The van der Waals surface area contributed by atoms with Crippen LogP contribution in [0, 0.1) is 6.92 Å². The van der Waals surface area contributed by atoms with Crippen LogP contribution < -0.4 is 0 Å². The molecule has 0 aliphatic heterocycles. The zero-order chi connectivity index (χ0) is 17.1. The largest absolute Gasteiger partial charge is 0.423 e. The first-order chi connectivity index (χ1) is 12.3. The van der Waals surface area contributed by atoms with Gasteiger partial charge >= 0.3 is 0 Å². The first kappa shape index (κ1) is 15.3. The SMILES string of the molecule is Cc1ccccc1Cc1nnc(Cn2cnc(-c3ccccc3)n2)o1. The number of nitrogens with zero attached hydrogens (tertiary/aromatic N) is 5. The van der Waals surface area contributed by atoms with E-state index in [4.69, 9.17) is 4.42 Å². The molecule has 6 heteroatoms. The quantitative estimate of drug-likeness (QED) is 0.561. The fraction of sp³-hybridized carbons (Fsp3) is 0.158. The summed E-state index contributed by atoms with van der Waals surface area (Å²) >= 11 is 0. The van der Waals surface area contributed by atoms with Crippen LogP contribution in [0.4, 0.5) is 0 Å². The summed E-state index contributed by atoms with van der Waals surface area (Å²) in [5.74, 6) is 1.81. The van der Waals surface area contributed by atoms with Crippen LogP contribution in [-0.2, 0) is 13.0 Å². The van der Waals surface area contributed by atoms with Gasteiger partial charge in [-0.2, -0.15) is 5.10 Å². The van der Waals surface area contributed by atoms with Crippen LogP contribution in [0.1, 0.15) is 22.9 Å². The molecular formula is C19H17N5O. The Morgan fingerprint density at radius 1 is 0.920 bits per heavy atom. The Bertz CT molecular complexity index is 974. The molecule has 0 radical (unpaired) electrons. The zero-order valence-corrected chi connectivity index (χ0v) is 13.8. The maximum Gasteiger partial charge on any atom is 0.238 e. The summed E-state index contributed by atoms with van der Waals surface area (Å²) in [6.07, 6.45) is 2.31. The number of aryl methyl sites for hydroxylation is 1. The van der Waals surface area contributed by atoms with Crippen LogP contribution in [0.15, 0.2) is 65.3 Å². The summed E-state index contributed by atoms with van der Waals surface area (Å²) in [6.45, 7) is 2.48. The Balaban J connectivity index is 1.47. The summed E-state index contributed by atoms with van der Waals surface area (Å²) in [5.41, 5.74) is 3.38. The fourth-order valence-corrected chi connectivity index (χ4v) is 2.62. The smallest absolute Gasteiger partial charge is 0.238 e. The monoisotopic (exact) mass is 331 g/mol. The van der Waals surface area contributed by atoms with Gasteiger partial charge in [-0.1, -0.05) is 54.6 Å². The van der Waals surface area contributed by atoms with E-state index >= 15 is 0 Å². The Morgan fingerprint density at radius 2 is 1.68 bits per heavy atom. The minimum Gasteiger partial charge on any atom is -0.423 e. The lowest BCUT2D eigenvalue weighted by molar-refractivity contribution is 0.436. The van der Waals surface area contributed by atoms with Crippen molar-refractivity contribution in [3.05, 3.63) is 83.8 Å². The summed E-state index contributed by atoms with van der Waals surface area (Å²) in [5, 5.41) is 12.7. The molecule has 0 aliphatic carbocycles. The second kappa shape index (κ2) is 6.68. The van der Waals surface area contributed by atoms with E-state index in [1.54, 1.807) is 11.0 Å². The van der Waals surface area contributed by atoms with Gasteiger partial charge in [-0.05, 0) is 18.1 Å². The number of rotatable bonds is 5. The molecule has 0 N–H and O–H groups in total. The van der Waals surface area contributed by atoms with Crippen molar-refractivity contribution in [3.8, 4) is 11.4 Å². The highest BCUT2D eigenvalue weighted by molar-refractivity contribution is 5.53. The molecule has 4 aromatic rings. The van der Waals surface area contributed by atoms with Gasteiger partial charge in [-0.15, -0.1) is 10.2 Å². The van der Waals surface area contributed by atoms with Crippen molar-refractivity contribution in [2.75, 3.05) is 0 Å². The van der Waals surface area contributed by atoms with E-state index in [-0.39, 0.29) is 0 Å². The van der Waals surface area contributed by atoms with Gasteiger partial charge in [0, 0.05) is 5.56 Å². The van der Waals surface area contributed by atoms with Crippen molar-refractivity contribution in [3.63, 3.8) is 0 Å². The lowest BCUT2D eigenvalue weighted by Crippen LogP contribution is -2.00. The number of benzene rings is 2. The van der Waals surface area contributed by atoms with Crippen molar-refractivity contribution < 1.29 is 4.42 Å². The highest BCUT2D eigenvalue weighted by Crippen LogP contribution is 2.15. The van der Waals surface area contributed by atoms with Crippen LogP contribution >= 0.6 is 0 Å². The highest BCUT2D eigenvalue weighted by atomic mass is 16.4. The van der Waals surface area contributed by atoms with E-state index in [1.165, 1.54) is 11.1 Å². The molecule has 2 aromatic carbocycles. The van der Waals surface area contributed by atoms with Crippen molar-refractivity contribution in [1.82, 2.24) is 25.0 Å². The molecule has 0 bridgehead atoms. The molecule has 2 heterocycles. The van der Waals surface area contributed by atoms with E-state index in [0.29, 0.717) is 30.6 Å². The summed E-state index contributed by atoms with van der Waals surface area (Å²) in [7, 11) is 0. The first-order valence-corrected chi connectivity index (χ1v) is 8.08. The van der Waals surface area contributed by atoms with Gasteiger partial charge in [0.15, 0.2) is 5.82 Å². The van der Waals surface area contributed by atoms with Crippen molar-refractivity contribution >= 4 is 0 Å². The van der Waals surface area contributed by atoms with Gasteiger partial charge < -0.3 is 4.42 Å². The Morgan fingerprint density at radius 3 is 2.52 bits per heavy atom. The third-order valence-electron chi connectivity index (χ3n) is 3.98. The zero-order valence-electron chi connectivity index (χ0n) is 13.8. The minimum absolute atomic E-state index is 0.403. The van der Waals surface area contributed by atoms with E-state index in [2.05, 4.69) is 39.3 Å². The number of hydrogen-bond donors (Lipinski definition) is 0. The Hall–Kier alpha value is -3.28. The standard InChI is InChI=1S/C19H17N5O/c1-14-7-5-6-10-16(14)11-17-21-22-18(25-17)12-24-13-20-19(23-24)15-8-3-2-4-9-15/h2-10,13H,11-12H2,1H3. The van der Waals surface area contributed by atoms with Gasteiger partial charge in [0.2, 0.25) is 11.8 Å². The van der Waals surface area contributed by atoms with Crippen molar-refractivity contribution in [1.29, 1.82) is 0 Å². The van der Waals surface area contributed by atoms with Crippen molar-refractivity contribution in [2.45, 2.75) is 19.9 Å². The normalized spacial score (nSPS) is 10.9. The molecule has 2 aromatic heterocycles. The predicted molar refractivity (Wildman–Crippen MR) is 92.8 cm³/mol. The maximum atomic E-state index is 5.75. The van der Waals surface area contributed by atoms with Crippen LogP contribution in [-0.4, -0.2) is 25.0 Å². The predicted octanol–water partition coefficient (Wildman–Crippen LogP) is 3.28. The van der Waals surface area contributed by atoms with Crippen LogP contribution in [0.2, 0.25) is 0 Å². The molecule has 0 unspecified atom stereocenters. The average Bonchev–Trinajstić information content (AvgIpc) is 3.28. The van der Waals surface area contributed by atoms with E-state index < -0.39 is 0 Å². The van der Waals surface area contributed by atoms with Crippen LogP contribution in [0.3, 0.4) is 0 Å².